The molecule has 0 spiro atoms. The van der Waals surface area contributed by atoms with E-state index in [2.05, 4.69) is 10.1 Å². The van der Waals surface area contributed by atoms with Gasteiger partial charge in [0.1, 0.15) is 6.54 Å². The molecule has 0 radical (unpaired) electrons. The number of urea groups is 1. The van der Waals surface area contributed by atoms with Crippen molar-refractivity contribution in [2.24, 2.45) is 0 Å². The normalized spacial score (nSPS) is 17.4. The topological polar surface area (TPSA) is 99.3 Å². The summed E-state index contributed by atoms with van der Waals surface area (Å²) in [5, 5.41) is 2.83. The number of para-hydroxylation sites is 1. The first-order valence-corrected chi connectivity index (χ1v) is 10.9. The van der Waals surface area contributed by atoms with E-state index < -0.39 is 5.97 Å². The van der Waals surface area contributed by atoms with Gasteiger partial charge in [0.05, 0.1) is 24.9 Å². The summed E-state index contributed by atoms with van der Waals surface area (Å²) in [6.45, 7) is 1.63. The van der Waals surface area contributed by atoms with Crippen LogP contribution < -0.4 is 10.2 Å². The molecule has 33 heavy (non-hydrogen) atoms. The van der Waals surface area contributed by atoms with Crippen molar-refractivity contribution in [2.75, 3.05) is 43.5 Å². The number of imide groups is 1. The third-order valence-electron chi connectivity index (χ3n) is 5.96. The van der Waals surface area contributed by atoms with Crippen molar-refractivity contribution in [3.8, 4) is 0 Å². The maximum Gasteiger partial charge on any atom is 0.337 e. The minimum atomic E-state index is -0.430. The molecule has 0 bridgehead atoms. The number of hydrogen-bond donors (Lipinski definition) is 1. The largest absolute Gasteiger partial charge is 0.465 e. The van der Waals surface area contributed by atoms with E-state index in [4.69, 9.17) is 0 Å². The van der Waals surface area contributed by atoms with Crippen LogP contribution in [0.25, 0.3) is 0 Å². The molecular formula is C24H26N4O5. The molecule has 2 saturated heterocycles. The highest BCUT2D eigenvalue weighted by Crippen LogP contribution is 2.26. The smallest absolute Gasteiger partial charge is 0.337 e. The number of carbonyl (C=O) groups excluding carboxylic acids is 4. The van der Waals surface area contributed by atoms with Crippen LogP contribution in [0.5, 0.6) is 0 Å². The summed E-state index contributed by atoms with van der Waals surface area (Å²) < 4.78 is 4.67. The lowest BCUT2D eigenvalue weighted by Gasteiger charge is -2.35. The van der Waals surface area contributed by atoms with Gasteiger partial charge in [-0.05, 0) is 49.2 Å². The van der Waals surface area contributed by atoms with Gasteiger partial charge in [0, 0.05) is 24.8 Å². The predicted molar refractivity (Wildman–Crippen MR) is 122 cm³/mol. The summed E-state index contributed by atoms with van der Waals surface area (Å²) in [6, 6.07) is 15.2. The fourth-order valence-electron chi connectivity index (χ4n) is 4.24. The molecule has 4 rings (SSSR count). The quantitative estimate of drug-likeness (QED) is 0.536. The first-order valence-electron chi connectivity index (χ1n) is 10.9. The highest BCUT2D eigenvalue weighted by atomic mass is 16.5. The van der Waals surface area contributed by atoms with Crippen LogP contribution in [0, 0.1) is 0 Å². The lowest BCUT2D eigenvalue weighted by atomic mass is 10.0. The number of methoxy groups -OCH3 is 1. The van der Waals surface area contributed by atoms with E-state index in [0.29, 0.717) is 42.9 Å². The van der Waals surface area contributed by atoms with Gasteiger partial charge < -0.3 is 15.0 Å². The summed E-state index contributed by atoms with van der Waals surface area (Å²) in [5.74, 6) is -0.797. The van der Waals surface area contributed by atoms with Gasteiger partial charge in [-0.15, -0.1) is 0 Å². The number of nitrogens with one attached hydrogen (secondary N) is 1. The molecule has 2 fully saturated rings. The van der Waals surface area contributed by atoms with Gasteiger partial charge >= 0.3 is 12.0 Å². The Morgan fingerprint density at radius 2 is 1.67 bits per heavy atom. The van der Waals surface area contributed by atoms with Crippen LogP contribution >= 0.6 is 0 Å². The van der Waals surface area contributed by atoms with E-state index >= 15 is 0 Å². The van der Waals surface area contributed by atoms with Crippen molar-refractivity contribution in [1.29, 1.82) is 0 Å². The average Bonchev–Trinajstić information content (AvgIpc) is 3.13. The van der Waals surface area contributed by atoms with Crippen molar-refractivity contribution in [3.05, 3.63) is 60.2 Å². The highest BCUT2D eigenvalue weighted by Gasteiger charge is 2.41. The zero-order valence-corrected chi connectivity index (χ0v) is 18.4. The summed E-state index contributed by atoms with van der Waals surface area (Å²) in [6.07, 6.45) is 1.39. The van der Waals surface area contributed by atoms with Crippen LogP contribution in [0.15, 0.2) is 54.6 Å². The lowest BCUT2D eigenvalue weighted by molar-refractivity contribution is -0.117. The second-order valence-electron chi connectivity index (χ2n) is 8.10. The van der Waals surface area contributed by atoms with E-state index in [1.165, 1.54) is 12.0 Å². The Kier molecular flexibility index (Phi) is 6.69. The number of amides is 4. The molecule has 9 heteroatoms. The molecule has 2 aliphatic heterocycles. The number of benzene rings is 2. The third kappa shape index (κ3) is 5.04. The van der Waals surface area contributed by atoms with Crippen LogP contribution in [-0.4, -0.2) is 72.9 Å². The number of esters is 1. The molecule has 0 aromatic heterocycles. The SMILES string of the molecule is COC(=O)c1ccc(NC(=O)CN2CCC(N3CC(=O)N(c4ccccc4)C3=O)CC2)cc1. The lowest BCUT2D eigenvalue weighted by Crippen LogP contribution is -2.48. The predicted octanol–water partition coefficient (Wildman–Crippen LogP) is 2.34. The summed E-state index contributed by atoms with van der Waals surface area (Å²) in [4.78, 5) is 54.2. The van der Waals surface area contributed by atoms with Crippen molar-refractivity contribution in [3.63, 3.8) is 0 Å². The zero-order chi connectivity index (χ0) is 23.4. The van der Waals surface area contributed by atoms with Crippen molar-refractivity contribution in [1.82, 2.24) is 9.80 Å². The van der Waals surface area contributed by atoms with Crippen molar-refractivity contribution >= 4 is 35.2 Å². The number of piperidine rings is 1. The Morgan fingerprint density at radius 3 is 2.30 bits per heavy atom. The Balaban J connectivity index is 1.27. The van der Waals surface area contributed by atoms with E-state index in [9.17, 15) is 19.2 Å². The van der Waals surface area contributed by atoms with Gasteiger partial charge in [-0.1, -0.05) is 18.2 Å². The fourth-order valence-corrected chi connectivity index (χ4v) is 4.24. The minimum absolute atomic E-state index is 0.0275. The van der Waals surface area contributed by atoms with E-state index in [0.717, 1.165) is 0 Å². The highest BCUT2D eigenvalue weighted by molar-refractivity contribution is 6.19. The number of hydrogen-bond acceptors (Lipinski definition) is 6. The standard InChI is InChI=1S/C24H26N4O5/c1-33-23(31)17-7-9-18(10-8-17)25-21(29)15-26-13-11-19(12-14-26)27-16-22(30)28(24(27)32)20-5-3-2-4-6-20/h2-10,19H,11-16H2,1H3,(H,25,29). The first-order chi connectivity index (χ1) is 16.0. The minimum Gasteiger partial charge on any atom is -0.465 e. The van der Waals surface area contributed by atoms with Crippen LogP contribution in [-0.2, 0) is 14.3 Å². The summed E-state index contributed by atoms with van der Waals surface area (Å²) in [7, 11) is 1.32. The van der Waals surface area contributed by atoms with Crippen molar-refractivity contribution in [2.45, 2.75) is 18.9 Å². The van der Waals surface area contributed by atoms with E-state index in [1.807, 2.05) is 11.0 Å². The van der Waals surface area contributed by atoms with E-state index in [1.54, 1.807) is 53.4 Å². The molecule has 0 atom stereocenters. The van der Waals surface area contributed by atoms with Gasteiger partial charge in [-0.3, -0.25) is 14.5 Å². The molecule has 0 saturated carbocycles. The number of ether oxygens (including phenoxy) is 1. The number of likely N-dealkylation sites (tertiary alicyclic amines) is 1. The Hall–Kier alpha value is -3.72. The fraction of sp³-hybridized carbons (Fsp3) is 0.333. The Bertz CT molecular complexity index is 1030. The Labute approximate surface area is 191 Å². The van der Waals surface area contributed by atoms with E-state index in [-0.39, 0.29) is 37.0 Å². The maximum absolute atomic E-state index is 12.9. The molecule has 1 N–H and O–H groups in total. The van der Waals surface area contributed by atoms with Crippen LogP contribution in [0.3, 0.4) is 0 Å². The first kappa shape index (κ1) is 22.5. The van der Waals surface area contributed by atoms with Gasteiger partial charge in [-0.2, -0.15) is 0 Å². The summed E-state index contributed by atoms with van der Waals surface area (Å²) in [5.41, 5.74) is 1.60. The van der Waals surface area contributed by atoms with Crippen LogP contribution in [0.1, 0.15) is 23.2 Å². The molecule has 172 valence electrons. The molecule has 2 aromatic carbocycles. The maximum atomic E-state index is 12.9. The molecule has 9 nitrogen and oxygen atoms in total. The number of carbonyl (C=O) groups is 4. The molecule has 2 aliphatic rings. The second-order valence-corrected chi connectivity index (χ2v) is 8.10. The van der Waals surface area contributed by atoms with Gasteiger partial charge in [-0.25, -0.2) is 14.5 Å². The molecule has 2 aromatic rings. The third-order valence-corrected chi connectivity index (χ3v) is 5.96. The monoisotopic (exact) mass is 450 g/mol. The summed E-state index contributed by atoms with van der Waals surface area (Å²) >= 11 is 0. The van der Waals surface area contributed by atoms with Crippen LogP contribution in [0.4, 0.5) is 16.2 Å². The molecular weight excluding hydrogens is 424 g/mol. The molecule has 0 unspecified atom stereocenters. The van der Waals surface area contributed by atoms with Gasteiger partial charge in [0.2, 0.25) is 5.91 Å². The molecule has 2 heterocycles. The molecule has 0 aliphatic carbocycles. The number of rotatable bonds is 6. The van der Waals surface area contributed by atoms with Crippen LogP contribution in [0.2, 0.25) is 0 Å². The molecule has 4 amide bonds. The average molecular weight is 450 g/mol. The van der Waals surface area contributed by atoms with Gasteiger partial charge in [0.15, 0.2) is 0 Å². The number of anilines is 2. The van der Waals surface area contributed by atoms with Gasteiger partial charge in [0.25, 0.3) is 5.91 Å². The van der Waals surface area contributed by atoms with Crippen molar-refractivity contribution < 1.29 is 23.9 Å². The number of nitrogens with zero attached hydrogens (tertiary/aromatic N) is 3. The zero-order valence-electron chi connectivity index (χ0n) is 18.4. The Morgan fingerprint density at radius 1 is 1.00 bits per heavy atom. The second kappa shape index (κ2) is 9.83.